The van der Waals surface area contributed by atoms with E-state index < -0.39 is 12.7 Å². The standard InChI is InChI=1S/C12H16F3N3S/c13-12(14,15)9-17-4-6-18(7-5-17)19-11-3-1-2-10(16)8-11/h1-3,8H,4-7,9,16H2. The van der Waals surface area contributed by atoms with E-state index >= 15 is 0 Å². The third-order valence-corrected chi connectivity index (χ3v) is 3.91. The van der Waals surface area contributed by atoms with Crippen LogP contribution in [0.5, 0.6) is 0 Å². The number of nitrogens with two attached hydrogens (primary N) is 1. The molecule has 1 aliphatic rings. The minimum Gasteiger partial charge on any atom is -0.399 e. The summed E-state index contributed by atoms with van der Waals surface area (Å²) < 4.78 is 38.8. The predicted octanol–water partition coefficient (Wildman–Crippen LogP) is 2.46. The van der Waals surface area contributed by atoms with Crippen LogP contribution >= 0.6 is 11.9 Å². The largest absolute Gasteiger partial charge is 0.401 e. The summed E-state index contributed by atoms with van der Waals surface area (Å²) in [4.78, 5) is 2.46. The number of alkyl halides is 3. The summed E-state index contributed by atoms with van der Waals surface area (Å²) in [5, 5.41) is 0. The number of benzene rings is 1. The van der Waals surface area contributed by atoms with Gasteiger partial charge in [0.15, 0.2) is 0 Å². The molecule has 0 radical (unpaired) electrons. The van der Waals surface area contributed by atoms with Crippen LogP contribution in [-0.2, 0) is 0 Å². The number of rotatable bonds is 3. The smallest absolute Gasteiger partial charge is 0.399 e. The van der Waals surface area contributed by atoms with Gasteiger partial charge in [0, 0.05) is 36.8 Å². The third-order valence-electron chi connectivity index (χ3n) is 2.83. The molecule has 0 aliphatic carbocycles. The maximum Gasteiger partial charge on any atom is 0.401 e. The lowest BCUT2D eigenvalue weighted by atomic mass is 10.3. The van der Waals surface area contributed by atoms with Crippen molar-refractivity contribution in [2.45, 2.75) is 11.1 Å². The molecule has 1 fully saturated rings. The monoisotopic (exact) mass is 291 g/mol. The van der Waals surface area contributed by atoms with Crippen LogP contribution in [0.2, 0.25) is 0 Å². The fourth-order valence-corrected chi connectivity index (χ4v) is 2.93. The summed E-state index contributed by atoms with van der Waals surface area (Å²) in [6, 6.07) is 7.50. The maximum absolute atomic E-state index is 12.3. The van der Waals surface area contributed by atoms with Gasteiger partial charge in [-0.05, 0) is 30.1 Å². The van der Waals surface area contributed by atoms with E-state index in [2.05, 4.69) is 4.31 Å². The van der Waals surface area contributed by atoms with Crippen molar-refractivity contribution in [2.75, 3.05) is 38.5 Å². The lowest BCUT2D eigenvalue weighted by Crippen LogP contribution is -2.46. The summed E-state index contributed by atoms with van der Waals surface area (Å²) in [6.07, 6.45) is -4.11. The molecule has 0 aromatic heterocycles. The first kappa shape index (κ1) is 14.5. The molecule has 0 spiro atoms. The van der Waals surface area contributed by atoms with Crippen LogP contribution in [0.25, 0.3) is 0 Å². The molecule has 1 heterocycles. The van der Waals surface area contributed by atoms with Crippen LogP contribution in [0, 0.1) is 0 Å². The van der Waals surface area contributed by atoms with Crippen LogP contribution in [0.3, 0.4) is 0 Å². The summed E-state index contributed by atoms with van der Waals surface area (Å²) >= 11 is 1.54. The number of nitrogen functional groups attached to an aromatic ring is 1. The van der Waals surface area contributed by atoms with Crippen molar-refractivity contribution >= 4 is 17.6 Å². The van der Waals surface area contributed by atoms with Crippen LogP contribution < -0.4 is 5.73 Å². The molecule has 1 aliphatic heterocycles. The highest BCUT2D eigenvalue weighted by Crippen LogP contribution is 2.26. The quantitative estimate of drug-likeness (QED) is 0.685. The number of piperazine rings is 1. The first-order chi connectivity index (χ1) is 8.92. The molecule has 2 N–H and O–H groups in total. The highest BCUT2D eigenvalue weighted by Gasteiger charge is 2.32. The maximum atomic E-state index is 12.3. The highest BCUT2D eigenvalue weighted by molar-refractivity contribution is 7.97. The van der Waals surface area contributed by atoms with Crippen LogP contribution in [0.1, 0.15) is 0 Å². The van der Waals surface area contributed by atoms with Gasteiger partial charge in [0.05, 0.1) is 6.54 Å². The molecule has 7 heteroatoms. The molecule has 19 heavy (non-hydrogen) atoms. The van der Waals surface area contributed by atoms with Gasteiger partial charge >= 0.3 is 6.18 Å². The van der Waals surface area contributed by atoms with Gasteiger partial charge in [0.25, 0.3) is 0 Å². The number of nitrogens with zero attached hydrogens (tertiary/aromatic N) is 2. The molecule has 0 unspecified atom stereocenters. The van der Waals surface area contributed by atoms with E-state index in [9.17, 15) is 13.2 Å². The minimum atomic E-state index is -4.11. The number of hydrogen-bond acceptors (Lipinski definition) is 4. The van der Waals surface area contributed by atoms with E-state index in [1.54, 1.807) is 11.9 Å². The lowest BCUT2D eigenvalue weighted by molar-refractivity contribution is -0.147. The first-order valence-corrected chi connectivity index (χ1v) is 6.77. The Bertz CT molecular complexity index is 417. The van der Waals surface area contributed by atoms with Gasteiger partial charge in [-0.25, -0.2) is 4.31 Å². The number of halogens is 3. The Labute approximate surface area is 114 Å². The summed E-state index contributed by atoms with van der Waals surface area (Å²) in [7, 11) is 0. The first-order valence-electron chi connectivity index (χ1n) is 6.00. The molecule has 0 atom stereocenters. The van der Waals surface area contributed by atoms with Gasteiger partial charge in [0.1, 0.15) is 0 Å². The van der Waals surface area contributed by atoms with E-state index in [1.807, 2.05) is 24.3 Å². The van der Waals surface area contributed by atoms with Crippen molar-refractivity contribution < 1.29 is 13.2 Å². The van der Waals surface area contributed by atoms with Crippen LogP contribution in [0.4, 0.5) is 18.9 Å². The third kappa shape index (κ3) is 4.93. The van der Waals surface area contributed by atoms with E-state index in [0.717, 1.165) is 4.90 Å². The molecule has 1 aromatic rings. The zero-order chi connectivity index (χ0) is 13.9. The Morgan fingerprint density at radius 3 is 2.42 bits per heavy atom. The highest BCUT2D eigenvalue weighted by atomic mass is 32.2. The predicted molar refractivity (Wildman–Crippen MR) is 70.8 cm³/mol. The summed E-state index contributed by atoms with van der Waals surface area (Å²) in [6.45, 7) is 1.30. The van der Waals surface area contributed by atoms with E-state index in [4.69, 9.17) is 5.73 Å². The van der Waals surface area contributed by atoms with E-state index in [0.29, 0.717) is 31.9 Å². The molecular weight excluding hydrogens is 275 g/mol. The van der Waals surface area contributed by atoms with Crippen molar-refractivity contribution in [3.05, 3.63) is 24.3 Å². The van der Waals surface area contributed by atoms with Gasteiger partial charge in [-0.1, -0.05) is 6.07 Å². The van der Waals surface area contributed by atoms with Crippen molar-refractivity contribution in [2.24, 2.45) is 0 Å². The topological polar surface area (TPSA) is 32.5 Å². The van der Waals surface area contributed by atoms with Gasteiger partial charge < -0.3 is 5.73 Å². The average Bonchev–Trinajstić information content (AvgIpc) is 2.30. The zero-order valence-corrected chi connectivity index (χ0v) is 11.2. The van der Waals surface area contributed by atoms with Gasteiger partial charge in [-0.2, -0.15) is 13.2 Å². The Morgan fingerprint density at radius 1 is 1.16 bits per heavy atom. The van der Waals surface area contributed by atoms with Gasteiger partial charge in [-0.3, -0.25) is 4.90 Å². The van der Waals surface area contributed by atoms with Crippen LogP contribution in [0.15, 0.2) is 29.2 Å². The zero-order valence-electron chi connectivity index (χ0n) is 10.4. The minimum absolute atomic E-state index is 0.439. The van der Waals surface area contributed by atoms with Crippen molar-refractivity contribution in [1.29, 1.82) is 0 Å². The number of hydrogen-bond donors (Lipinski definition) is 1. The van der Waals surface area contributed by atoms with Crippen LogP contribution in [-0.4, -0.2) is 48.1 Å². The summed E-state index contributed by atoms with van der Waals surface area (Å²) in [5.41, 5.74) is 6.39. The van der Waals surface area contributed by atoms with Gasteiger partial charge in [-0.15, -0.1) is 0 Å². The normalized spacial score (nSPS) is 18.7. The molecule has 0 bridgehead atoms. The molecule has 0 amide bonds. The molecular formula is C12H16F3N3S. The Morgan fingerprint density at radius 2 is 1.84 bits per heavy atom. The Balaban J connectivity index is 1.80. The second-order valence-electron chi connectivity index (χ2n) is 4.48. The molecule has 2 rings (SSSR count). The molecule has 3 nitrogen and oxygen atoms in total. The molecule has 1 saturated heterocycles. The molecule has 106 valence electrons. The summed E-state index contributed by atoms with van der Waals surface area (Å²) in [5.74, 6) is 0. The fourth-order valence-electron chi connectivity index (χ4n) is 1.95. The van der Waals surface area contributed by atoms with E-state index in [-0.39, 0.29) is 0 Å². The Hall–Kier alpha value is -0.920. The van der Waals surface area contributed by atoms with Gasteiger partial charge in [0.2, 0.25) is 0 Å². The van der Waals surface area contributed by atoms with Crippen molar-refractivity contribution in [1.82, 2.24) is 9.21 Å². The fraction of sp³-hybridized carbons (Fsp3) is 0.500. The van der Waals surface area contributed by atoms with E-state index in [1.165, 1.54) is 4.90 Å². The average molecular weight is 291 g/mol. The lowest BCUT2D eigenvalue weighted by Gasteiger charge is -2.34. The van der Waals surface area contributed by atoms with Crippen molar-refractivity contribution in [3.63, 3.8) is 0 Å². The second-order valence-corrected chi connectivity index (χ2v) is 5.65. The Kier molecular flexibility index (Phi) is 4.59. The van der Waals surface area contributed by atoms with Crippen molar-refractivity contribution in [3.8, 4) is 0 Å². The SMILES string of the molecule is Nc1cccc(SN2CCN(CC(F)(F)F)CC2)c1. The second kappa shape index (κ2) is 6.02. The molecule has 0 saturated carbocycles. The molecule has 1 aromatic carbocycles. The number of anilines is 1.